The number of hydrogen-bond donors (Lipinski definition) is 2. The van der Waals surface area contributed by atoms with Crippen molar-refractivity contribution in [2.75, 3.05) is 19.0 Å². The molecule has 0 radical (unpaired) electrons. The van der Waals surface area contributed by atoms with Crippen molar-refractivity contribution >= 4 is 35.1 Å². The van der Waals surface area contributed by atoms with Crippen molar-refractivity contribution in [3.63, 3.8) is 0 Å². The molecule has 0 unspecified atom stereocenters. The molecule has 8 nitrogen and oxygen atoms in total. The molecule has 30 heavy (non-hydrogen) atoms. The van der Waals surface area contributed by atoms with E-state index in [0.717, 1.165) is 4.90 Å². The summed E-state index contributed by atoms with van der Waals surface area (Å²) in [6.07, 6.45) is -0.0657. The maximum atomic E-state index is 12.4. The van der Waals surface area contributed by atoms with Crippen LogP contribution in [0, 0.1) is 0 Å². The molecule has 0 atom stereocenters. The van der Waals surface area contributed by atoms with Crippen LogP contribution in [0.4, 0.5) is 10.5 Å². The first-order valence-electron chi connectivity index (χ1n) is 9.25. The zero-order valence-corrected chi connectivity index (χ0v) is 17.6. The van der Waals surface area contributed by atoms with Crippen molar-refractivity contribution < 1.29 is 23.9 Å². The van der Waals surface area contributed by atoms with Crippen molar-refractivity contribution in [2.45, 2.75) is 25.8 Å². The zero-order valence-electron chi connectivity index (χ0n) is 16.8. The highest BCUT2D eigenvalue weighted by molar-refractivity contribution is 6.31. The molecule has 2 aromatic carbocycles. The van der Waals surface area contributed by atoms with Gasteiger partial charge < -0.3 is 20.1 Å². The Morgan fingerprint density at radius 2 is 1.80 bits per heavy atom. The lowest BCUT2D eigenvalue weighted by molar-refractivity contribution is -0.130. The summed E-state index contributed by atoms with van der Waals surface area (Å²) in [6.45, 7) is 3.19. The highest BCUT2D eigenvalue weighted by Gasteiger charge is 2.44. The fourth-order valence-corrected chi connectivity index (χ4v) is 3.08. The Morgan fingerprint density at radius 1 is 1.13 bits per heavy atom. The molecule has 2 aromatic rings. The number of ether oxygens (including phenoxy) is 2. The van der Waals surface area contributed by atoms with Crippen molar-refractivity contribution in [3.05, 3.63) is 47.5 Å². The fraction of sp³-hybridized carbons (Fsp3) is 0.286. The van der Waals surface area contributed by atoms with Gasteiger partial charge in [0, 0.05) is 18.0 Å². The van der Waals surface area contributed by atoms with E-state index < -0.39 is 11.6 Å². The topological polar surface area (TPSA) is 97.0 Å². The minimum absolute atomic E-state index is 0.0326. The number of hydrogen-bond acceptors (Lipinski definition) is 5. The molecule has 3 rings (SSSR count). The van der Waals surface area contributed by atoms with E-state index in [1.165, 1.54) is 0 Å². The molecule has 1 aliphatic rings. The first-order chi connectivity index (χ1) is 14.2. The van der Waals surface area contributed by atoms with Crippen molar-refractivity contribution in [1.82, 2.24) is 10.2 Å². The van der Waals surface area contributed by atoms with Crippen LogP contribution in [0.25, 0.3) is 0 Å². The molecule has 9 heteroatoms. The van der Waals surface area contributed by atoms with Gasteiger partial charge in [0.1, 0.15) is 17.0 Å². The summed E-state index contributed by atoms with van der Waals surface area (Å²) in [7, 11) is 1.57. The maximum Gasteiger partial charge on any atom is 0.325 e. The van der Waals surface area contributed by atoms with Gasteiger partial charge in [-0.2, -0.15) is 0 Å². The molecule has 1 aliphatic heterocycles. The number of anilines is 1. The van der Waals surface area contributed by atoms with Gasteiger partial charge in [0.15, 0.2) is 5.75 Å². The Bertz CT molecular complexity index is 975. The predicted octanol–water partition coefficient (Wildman–Crippen LogP) is 3.80. The predicted molar refractivity (Wildman–Crippen MR) is 112 cm³/mol. The van der Waals surface area contributed by atoms with Crippen LogP contribution in [0.5, 0.6) is 17.2 Å². The number of imide groups is 1. The van der Waals surface area contributed by atoms with Crippen LogP contribution in [0.15, 0.2) is 42.5 Å². The molecule has 0 bridgehead atoms. The molecular formula is C21H22ClN3O5. The van der Waals surface area contributed by atoms with Gasteiger partial charge in [0.05, 0.1) is 12.8 Å². The molecule has 0 aliphatic carbocycles. The summed E-state index contributed by atoms with van der Waals surface area (Å²) in [6, 6.07) is 11.3. The van der Waals surface area contributed by atoms with Gasteiger partial charge in [-0.1, -0.05) is 11.6 Å². The van der Waals surface area contributed by atoms with Crippen molar-refractivity contribution in [3.8, 4) is 17.2 Å². The van der Waals surface area contributed by atoms with Gasteiger partial charge in [-0.3, -0.25) is 14.5 Å². The number of amides is 4. The molecular weight excluding hydrogens is 410 g/mol. The van der Waals surface area contributed by atoms with Gasteiger partial charge in [-0.25, -0.2) is 4.79 Å². The number of methoxy groups -OCH3 is 1. The highest BCUT2D eigenvalue weighted by atomic mass is 35.5. The third kappa shape index (κ3) is 4.83. The lowest BCUT2D eigenvalue weighted by Gasteiger charge is -2.16. The van der Waals surface area contributed by atoms with Gasteiger partial charge >= 0.3 is 6.03 Å². The lowest BCUT2D eigenvalue weighted by Crippen LogP contribution is -2.40. The monoisotopic (exact) mass is 431 g/mol. The minimum atomic E-state index is -0.972. The van der Waals surface area contributed by atoms with E-state index in [-0.39, 0.29) is 24.8 Å². The Morgan fingerprint density at radius 3 is 2.40 bits per heavy atom. The van der Waals surface area contributed by atoms with E-state index in [1.807, 2.05) is 0 Å². The van der Waals surface area contributed by atoms with Crippen LogP contribution in [0.1, 0.15) is 20.3 Å². The van der Waals surface area contributed by atoms with Gasteiger partial charge in [-0.15, -0.1) is 0 Å². The third-order valence-corrected chi connectivity index (χ3v) is 4.74. The van der Waals surface area contributed by atoms with E-state index in [4.69, 9.17) is 21.1 Å². The third-order valence-electron chi connectivity index (χ3n) is 4.51. The number of halogens is 1. The smallest absolute Gasteiger partial charge is 0.325 e. The van der Waals surface area contributed by atoms with Crippen LogP contribution < -0.4 is 20.1 Å². The number of nitrogens with zero attached hydrogens (tertiary/aromatic N) is 1. The molecule has 0 spiro atoms. The Kier molecular flexibility index (Phi) is 6.17. The minimum Gasteiger partial charge on any atom is -0.497 e. The van der Waals surface area contributed by atoms with E-state index >= 15 is 0 Å². The number of rotatable bonds is 7. The van der Waals surface area contributed by atoms with E-state index in [2.05, 4.69) is 10.6 Å². The van der Waals surface area contributed by atoms with E-state index in [9.17, 15) is 14.4 Å². The standard InChI is InChI=1S/C21H22ClN3O5/c1-21(2)19(27)25(20(28)24-21)11-10-18(26)23-16-12-13(22)4-9-17(16)30-15-7-5-14(29-3)6-8-15/h4-9,12H,10-11H2,1-3H3,(H,23,26)(H,24,28). The number of carbonyl (C=O) groups excluding carboxylic acids is 3. The highest BCUT2D eigenvalue weighted by Crippen LogP contribution is 2.33. The Labute approximate surface area is 179 Å². The first-order valence-corrected chi connectivity index (χ1v) is 9.63. The second-order valence-electron chi connectivity index (χ2n) is 7.23. The Hall–Kier alpha value is -3.26. The summed E-state index contributed by atoms with van der Waals surface area (Å²) in [4.78, 5) is 37.6. The van der Waals surface area contributed by atoms with Crippen LogP contribution in [-0.2, 0) is 9.59 Å². The average molecular weight is 432 g/mol. The second-order valence-corrected chi connectivity index (χ2v) is 7.66. The van der Waals surface area contributed by atoms with Gasteiger partial charge in [-0.05, 0) is 56.3 Å². The summed E-state index contributed by atoms with van der Waals surface area (Å²) < 4.78 is 11.0. The number of carbonyl (C=O) groups is 3. The molecule has 4 amide bonds. The number of nitrogens with one attached hydrogen (secondary N) is 2. The van der Waals surface area contributed by atoms with Crippen molar-refractivity contribution in [2.24, 2.45) is 0 Å². The van der Waals surface area contributed by atoms with Crippen LogP contribution in [-0.4, -0.2) is 41.9 Å². The lowest BCUT2D eigenvalue weighted by atomic mass is 10.1. The molecule has 0 saturated carbocycles. The molecule has 158 valence electrons. The summed E-state index contributed by atoms with van der Waals surface area (Å²) in [5, 5.41) is 5.72. The van der Waals surface area contributed by atoms with Gasteiger partial charge in [0.2, 0.25) is 5.91 Å². The van der Waals surface area contributed by atoms with Crippen LogP contribution >= 0.6 is 11.6 Å². The summed E-state index contributed by atoms with van der Waals surface area (Å²) >= 11 is 6.06. The molecule has 1 fully saturated rings. The summed E-state index contributed by atoms with van der Waals surface area (Å²) in [5.74, 6) is 0.883. The maximum absolute atomic E-state index is 12.4. The second kappa shape index (κ2) is 8.62. The first kappa shape index (κ1) is 21.4. The average Bonchev–Trinajstić information content (AvgIpc) is 2.89. The quantitative estimate of drug-likeness (QED) is 0.650. The van der Waals surface area contributed by atoms with E-state index in [1.54, 1.807) is 63.4 Å². The fourth-order valence-electron chi connectivity index (χ4n) is 2.91. The number of urea groups is 1. The van der Waals surface area contributed by atoms with E-state index in [0.29, 0.717) is 28.0 Å². The van der Waals surface area contributed by atoms with Gasteiger partial charge in [0.25, 0.3) is 5.91 Å². The van der Waals surface area contributed by atoms with Crippen LogP contribution in [0.3, 0.4) is 0 Å². The van der Waals surface area contributed by atoms with Crippen LogP contribution in [0.2, 0.25) is 5.02 Å². The number of benzene rings is 2. The molecule has 1 heterocycles. The largest absolute Gasteiger partial charge is 0.497 e. The summed E-state index contributed by atoms with van der Waals surface area (Å²) in [5.41, 5.74) is -0.597. The SMILES string of the molecule is COc1ccc(Oc2ccc(Cl)cc2NC(=O)CCN2C(=O)NC(C)(C)C2=O)cc1. The zero-order chi connectivity index (χ0) is 21.9. The molecule has 2 N–H and O–H groups in total. The Balaban J connectivity index is 1.66. The molecule has 0 aromatic heterocycles. The normalized spacial score (nSPS) is 15.0. The molecule has 1 saturated heterocycles. The van der Waals surface area contributed by atoms with Crippen molar-refractivity contribution in [1.29, 1.82) is 0 Å².